The van der Waals surface area contributed by atoms with Crippen LogP contribution in [0.1, 0.15) is 136 Å². The molecule has 1 aliphatic carbocycles. The highest BCUT2D eigenvalue weighted by Crippen LogP contribution is 2.46. The number of rotatable bonds is 5. The summed E-state index contributed by atoms with van der Waals surface area (Å²) < 4.78 is 0. The Hall–Kier alpha value is -5.34. The van der Waals surface area contributed by atoms with Crippen molar-refractivity contribution < 1.29 is 0 Å². The first-order valence-corrected chi connectivity index (χ1v) is 23.6. The van der Waals surface area contributed by atoms with Crippen molar-refractivity contribution in [2.24, 2.45) is 0 Å². The molecule has 0 aliphatic heterocycles. The minimum Gasteiger partial charge on any atom is -0.345 e. The second-order valence-corrected chi connectivity index (χ2v) is 11.1. The molecule has 0 fully saturated rings. The lowest BCUT2D eigenvalue weighted by atomic mass is 9.99. The van der Waals surface area contributed by atoms with Gasteiger partial charge < -0.3 is 9.80 Å². The summed E-state index contributed by atoms with van der Waals surface area (Å²) in [5.74, 6) is 0. The average Bonchev–Trinajstić information content (AvgIpc) is 3.77. The van der Waals surface area contributed by atoms with Gasteiger partial charge in [0.25, 0.3) is 0 Å². The minimum atomic E-state index is 0.947. The van der Waals surface area contributed by atoms with Crippen LogP contribution in [0, 0.1) is 0 Å². The van der Waals surface area contributed by atoms with E-state index in [0.29, 0.717) is 0 Å². The second-order valence-electron chi connectivity index (χ2n) is 11.1. The van der Waals surface area contributed by atoms with Gasteiger partial charge in [-0.2, -0.15) is 0 Å². The maximum absolute atomic E-state index is 2.42. The fourth-order valence-corrected chi connectivity index (χ4v) is 6.55. The van der Waals surface area contributed by atoms with Crippen LogP contribution in [0.4, 0.5) is 28.4 Å². The number of hydrogen-bond acceptors (Lipinski definition) is 2. The third kappa shape index (κ3) is 14.4. The normalized spacial score (nSPS) is 9.18. The Morgan fingerprint density at radius 1 is 0.333 bits per heavy atom. The van der Waals surface area contributed by atoms with Crippen LogP contribution < -0.4 is 9.80 Å². The lowest BCUT2D eigenvalue weighted by molar-refractivity contribution is 1.20. The molecule has 0 unspecified atom stereocenters. The van der Waals surface area contributed by atoms with Crippen LogP contribution in [0.3, 0.4) is 0 Å². The zero-order chi connectivity index (χ0) is 46.0. The Bertz CT molecular complexity index is 2080. The number of nitrogens with zero attached hydrogens (tertiary/aromatic N) is 2. The zero-order valence-corrected chi connectivity index (χ0v) is 41.5. The average molecular weight is 809 g/mol. The van der Waals surface area contributed by atoms with Crippen molar-refractivity contribution in [3.63, 3.8) is 0 Å². The monoisotopic (exact) mass is 809 g/mol. The Morgan fingerprint density at radius 3 is 1.27 bits per heavy atom. The molecule has 0 atom stereocenters. The number of fused-ring (bicyclic) bond motifs is 6. The summed E-state index contributed by atoms with van der Waals surface area (Å²) in [5.41, 5.74) is 11.4. The SMILES string of the molecule is CC.CC.CC.CC.CC.CC.CC.CC.CC.CN(c1ccccc1)c1ccc2c(ccc3cc(N(c4ccccc4)c4cccc5c4Cc4ccccc4-5)ccc32)c1. The number of anilines is 5. The fourth-order valence-electron chi connectivity index (χ4n) is 6.55. The fraction of sp³-hybridized carbons (Fsp3) is 0.345. The number of hydrogen-bond donors (Lipinski definition) is 0. The van der Waals surface area contributed by atoms with Crippen LogP contribution in [-0.2, 0) is 6.42 Å². The van der Waals surface area contributed by atoms with Crippen molar-refractivity contribution in [2.45, 2.75) is 131 Å². The molecular weight excluding hydrogens is 725 g/mol. The standard InChI is InChI=1S/C40H30N2.9C2H6/c1-41(31-12-4-2-5-13-31)33-21-23-36-29(25-33)19-20-30-26-34(22-24-37(30)36)42(32-14-6-3-7-15-32)40-18-10-17-38-35-16-9-8-11-28(35)27-39(38)40;9*1-2/h2-26H,27H2,1H3;9*1-2H3. The summed E-state index contributed by atoms with van der Waals surface area (Å²) in [6.45, 7) is 36.0. The molecule has 7 aromatic rings. The van der Waals surface area contributed by atoms with Gasteiger partial charge in [-0.25, -0.2) is 0 Å². The van der Waals surface area contributed by atoms with Gasteiger partial charge in [0.2, 0.25) is 0 Å². The van der Waals surface area contributed by atoms with E-state index in [1.807, 2.05) is 125 Å². The molecule has 0 bridgehead atoms. The number of benzene rings is 7. The third-order valence-corrected chi connectivity index (χ3v) is 8.67. The summed E-state index contributed by atoms with van der Waals surface area (Å²) in [4.78, 5) is 4.66. The molecule has 2 heteroatoms. The van der Waals surface area contributed by atoms with Crippen molar-refractivity contribution in [3.8, 4) is 11.1 Å². The van der Waals surface area contributed by atoms with Gasteiger partial charge in [-0.1, -0.05) is 222 Å². The lowest BCUT2D eigenvalue weighted by Crippen LogP contribution is -2.12. The van der Waals surface area contributed by atoms with Crippen molar-refractivity contribution >= 4 is 50.0 Å². The molecular formula is C58H84N2. The second kappa shape index (κ2) is 34.5. The smallest absolute Gasteiger partial charge is 0.0503 e. The molecule has 0 saturated carbocycles. The van der Waals surface area contributed by atoms with E-state index in [1.165, 1.54) is 60.9 Å². The van der Waals surface area contributed by atoms with E-state index in [2.05, 4.69) is 169 Å². The summed E-state index contributed by atoms with van der Waals surface area (Å²) in [7, 11) is 2.13. The van der Waals surface area contributed by atoms with Crippen molar-refractivity contribution in [3.05, 3.63) is 163 Å². The van der Waals surface area contributed by atoms with Crippen LogP contribution in [0.5, 0.6) is 0 Å². The highest BCUT2D eigenvalue weighted by atomic mass is 15.1. The predicted molar refractivity (Wildman–Crippen MR) is 281 cm³/mol. The largest absolute Gasteiger partial charge is 0.345 e. The molecule has 1 aliphatic rings. The highest BCUT2D eigenvalue weighted by Gasteiger charge is 2.24. The summed E-state index contributed by atoms with van der Waals surface area (Å²) in [6, 6.07) is 55.0. The van der Waals surface area contributed by atoms with Gasteiger partial charge in [-0.15, -0.1) is 0 Å². The van der Waals surface area contributed by atoms with Gasteiger partial charge in [-0.3, -0.25) is 0 Å². The van der Waals surface area contributed by atoms with E-state index in [0.717, 1.165) is 17.8 Å². The summed E-state index contributed by atoms with van der Waals surface area (Å²) >= 11 is 0. The molecule has 0 spiro atoms. The van der Waals surface area contributed by atoms with Crippen LogP contribution in [0.25, 0.3) is 32.7 Å². The first kappa shape index (κ1) is 56.8. The first-order valence-electron chi connectivity index (χ1n) is 23.6. The molecule has 0 heterocycles. The van der Waals surface area contributed by atoms with Crippen LogP contribution in [0.2, 0.25) is 0 Å². The van der Waals surface area contributed by atoms with Crippen LogP contribution in [0.15, 0.2) is 152 Å². The maximum Gasteiger partial charge on any atom is 0.0503 e. The van der Waals surface area contributed by atoms with E-state index in [1.54, 1.807) is 0 Å². The minimum absolute atomic E-state index is 0.947. The molecule has 326 valence electrons. The Kier molecular flexibility index (Phi) is 32.6. The number of para-hydroxylation sites is 2. The van der Waals surface area contributed by atoms with Gasteiger partial charge in [0, 0.05) is 36.2 Å². The van der Waals surface area contributed by atoms with E-state index < -0.39 is 0 Å². The van der Waals surface area contributed by atoms with E-state index in [4.69, 9.17) is 0 Å². The Balaban J connectivity index is 0. The molecule has 0 N–H and O–H groups in total. The Labute approximate surface area is 370 Å². The van der Waals surface area contributed by atoms with Gasteiger partial charge in [0.05, 0.1) is 5.69 Å². The molecule has 0 amide bonds. The first-order chi connectivity index (χ1) is 29.7. The molecule has 7 aromatic carbocycles. The third-order valence-electron chi connectivity index (χ3n) is 8.67. The van der Waals surface area contributed by atoms with E-state index in [-0.39, 0.29) is 0 Å². The van der Waals surface area contributed by atoms with Crippen LogP contribution >= 0.6 is 0 Å². The molecule has 8 rings (SSSR count). The van der Waals surface area contributed by atoms with E-state index in [9.17, 15) is 0 Å². The van der Waals surface area contributed by atoms with Gasteiger partial charge in [0.1, 0.15) is 0 Å². The maximum atomic E-state index is 2.42. The zero-order valence-electron chi connectivity index (χ0n) is 41.5. The molecule has 0 radical (unpaired) electrons. The quantitative estimate of drug-likeness (QED) is 0.160. The topological polar surface area (TPSA) is 6.48 Å². The molecule has 0 aromatic heterocycles. The van der Waals surface area contributed by atoms with Crippen LogP contribution in [-0.4, -0.2) is 7.05 Å². The predicted octanol–water partition coefficient (Wildman–Crippen LogP) is 20.0. The lowest BCUT2D eigenvalue weighted by Gasteiger charge is -2.28. The van der Waals surface area contributed by atoms with Crippen molar-refractivity contribution in [1.29, 1.82) is 0 Å². The van der Waals surface area contributed by atoms with Gasteiger partial charge in [0.15, 0.2) is 0 Å². The van der Waals surface area contributed by atoms with Gasteiger partial charge in [-0.05, 0) is 98.4 Å². The highest BCUT2D eigenvalue weighted by molar-refractivity contribution is 6.09. The molecule has 60 heavy (non-hydrogen) atoms. The van der Waals surface area contributed by atoms with Gasteiger partial charge >= 0.3 is 0 Å². The van der Waals surface area contributed by atoms with Crippen molar-refractivity contribution in [2.75, 3.05) is 16.8 Å². The van der Waals surface area contributed by atoms with E-state index >= 15 is 0 Å². The summed E-state index contributed by atoms with van der Waals surface area (Å²) in [6.07, 6.45) is 0.947. The Morgan fingerprint density at radius 2 is 0.750 bits per heavy atom. The molecule has 0 saturated heterocycles. The summed E-state index contributed by atoms with van der Waals surface area (Å²) in [5, 5.41) is 5.02. The van der Waals surface area contributed by atoms with Crippen molar-refractivity contribution in [1.82, 2.24) is 0 Å². The molecule has 2 nitrogen and oxygen atoms in total.